The predicted molar refractivity (Wildman–Crippen MR) is 129 cm³/mol. The van der Waals surface area contributed by atoms with Gasteiger partial charge in [-0.3, -0.25) is 4.79 Å². The smallest absolute Gasteiger partial charge is 0.340 e. The lowest BCUT2D eigenvalue weighted by Crippen LogP contribution is -2.42. The third-order valence-electron chi connectivity index (χ3n) is 6.08. The molecule has 1 aromatic heterocycles. The van der Waals surface area contributed by atoms with Crippen molar-refractivity contribution in [2.75, 3.05) is 39.4 Å². The van der Waals surface area contributed by atoms with Gasteiger partial charge in [-0.15, -0.1) is 0 Å². The predicted octanol–water partition coefficient (Wildman–Crippen LogP) is 3.99. The first-order valence-corrected chi connectivity index (χ1v) is 11.8. The van der Waals surface area contributed by atoms with Gasteiger partial charge in [0.15, 0.2) is 11.3 Å². The zero-order valence-corrected chi connectivity index (χ0v) is 20.0. The molecule has 8 heteroatoms. The first kappa shape index (κ1) is 23.0. The van der Waals surface area contributed by atoms with E-state index in [9.17, 15) is 9.59 Å². The Labute approximate surface area is 196 Å². The number of methoxy groups -OCH3 is 3. The lowest BCUT2D eigenvalue weighted by Gasteiger charge is -2.36. The summed E-state index contributed by atoms with van der Waals surface area (Å²) in [7, 11) is 4.65. The Hall–Kier alpha value is -3.13. The van der Waals surface area contributed by atoms with Crippen LogP contribution in [0.2, 0.25) is 0 Å². The SMILES string of the molecule is COc1ccc(C2CSCCN2C(=O)Cc2c(C)c3ccc(OC)c(OC)c3oc2=O)cc1. The molecule has 1 unspecified atom stereocenters. The van der Waals surface area contributed by atoms with Crippen LogP contribution in [0.4, 0.5) is 0 Å². The van der Waals surface area contributed by atoms with E-state index in [0.717, 1.165) is 28.2 Å². The van der Waals surface area contributed by atoms with Gasteiger partial charge in [0.1, 0.15) is 5.75 Å². The maximum atomic E-state index is 13.4. The van der Waals surface area contributed by atoms with Crippen molar-refractivity contribution in [1.82, 2.24) is 4.90 Å². The number of nitrogens with zero attached hydrogens (tertiary/aromatic N) is 1. The number of aryl methyl sites for hydroxylation is 1. The molecular weight excluding hydrogens is 442 g/mol. The Morgan fingerprint density at radius 2 is 1.85 bits per heavy atom. The van der Waals surface area contributed by atoms with Crippen LogP contribution in [0.15, 0.2) is 45.6 Å². The molecule has 0 saturated carbocycles. The normalized spacial score (nSPS) is 16.0. The number of rotatable bonds is 6. The monoisotopic (exact) mass is 469 g/mol. The van der Waals surface area contributed by atoms with E-state index >= 15 is 0 Å². The molecule has 0 bridgehead atoms. The minimum Gasteiger partial charge on any atom is -0.497 e. The zero-order valence-electron chi connectivity index (χ0n) is 19.2. The van der Waals surface area contributed by atoms with E-state index in [1.807, 2.05) is 53.9 Å². The lowest BCUT2D eigenvalue weighted by molar-refractivity contribution is -0.132. The minimum absolute atomic E-state index is 0.0181. The minimum atomic E-state index is -0.535. The summed E-state index contributed by atoms with van der Waals surface area (Å²) in [5, 5.41) is 0.718. The highest BCUT2D eigenvalue weighted by molar-refractivity contribution is 7.99. The molecule has 7 nitrogen and oxygen atoms in total. The second-order valence-corrected chi connectivity index (χ2v) is 8.95. The molecule has 3 aromatic rings. The van der Waals surface area contributed by atoms with Gasteiger partial charge >= 0.3 is 5.63 Å². The molecule has 174 valence electrons. The quantitative estimate of drug-likeness (QED) is 0.505. The highest BCUT2D eigenvalue weighted by Crippen LogP contribution is 2.37. The van der Waals surface area contributed by atoms with Crippen molar-refractivity contribution >= 4 is 28.6 Å². The van der Waals surface area contributed by atoms with Crippen molar-refractivity contribution in [3.8, 4) is 17.2 Å². The summed E-state index contributed by atoms with van der Waals surface area (Å²) < 4.78 is 21.6. The maximum Gasteiger partial charge on any atom is 0.340 e. The summed E-state index contributed by atoms with van der Waals surface area (Å²) in [5.41, 5.74) is 1.91. The Bertz CT molecular complexity index is 1220. The Balaban J connectivity index is 1.66. The largest absolute Gasteiger partial charge is 0.497 e. The number of hydrogen-bond acceptors (Lipinski definition) is 7. The van der Waals surface area contributed by atoms with Gasteiger partial charge in [0.2, 0.25) is 11.7 Å². The van der Waals surface area contributed by atoms with Gasteiger partial charge in [0, 0.05) is 23.4 Å². The fraction of sp³-hybridized carbons (Fsp3) is 0.360. The molecule has 1 saturated heterocycles. The van der Waals surface area contributed by atoms with Gasteiger partial charge in [-0.2, -0.15) is 11.8 Å². The summed E-state index contributed by atoms with van der Waals surface area (Å²) in [6, 6.07) is 11.3. The van der Waals surface area contributed by atoms with Crippen LogP contribution in [-0.4, -0.2) is 50.2 Å². The topological polar surface area (TPSA) is 78.2 Å². The summed E-state index contributed by atoms with van der Waals surface area (Å²) in [5.74, 6) is 3.19. The highest BCUT2D eigenvalue weighted by Gasteiger charge is 2.30. The third-order valence-corrected chi connectivity index (χ3v) is 7.10. The van der Waals surface area contributed by atoms with Gasteiger partial charge in [-0.1, -0.05) is 12.1 Å². The number of thioether (sulfide) groups is 1. The first-order chi connectivity index (χ1) is 16.0. The van der Waals surface area contributed by atoms with E-state index in [0.29, 0.717) is 34.8 Å². The molecule has 0 N–H and O–H groups in total. The maximum absolute atomic E-state index is 13.4. The molecule has 1 amide bonds. The van der Waals surface area contributed by atoms with E-state index < -0.39 is 5.63 Å². The van der Waals surface area contributed by atoms with E-state index in [-0.39, 0.29) is 18.4 Å². The standard InChI is InChI=1S/C25H27NO6S/c1-15-18-9-10-21(30-3)24(31-4)23(18)32-25(28)19(15)13-22(27)26-11-12-33-14-20(26)16-5-7-17(29-2)8-6-16/h5-10,20H,11-14H2,1-4H3. The van der Waals surface area contributed by atoms with Crippen molar-refractivity contribution in [2.45, 2.75) is 19.4 Å². The molecule has 0 radical (unpaired) electrons. The second kappa shape index (κ2) is 9.79. The first-order valence-electron chi connectivity index (χ1n) is 10.7. The molecule has 2 aromatic carbocycles. The molecule has 33 heavy (non-hydrogen) atoms. The average Bonchev–Trinajstić information content (AvgIpc) is 2.85. The Morgan fingerprint density at radius 3 is 2.52 bits per heavy atom. The van der Waals surface area contributed by atoms with Crippen LogP contribution in [0, 0.1) is 6.92 Å². The number of carbonyl (C=O) groups is 1. The van der Waals surface area contributed by atoms with Gasteiger partial charge in [0.25, 0.3) is 0 Å². The van der Waals surface area contributed by atoms with Crippen molar-refractivity contribution in [3.05, 3.63) is 63.5 Å². The molecule has 0 spiro atoms. The highest BCUT2D eigenvalue weighted by atomic mass is 32.2. The van der Waals surface area contributed by atoms with Crippen molar-refractivity contribution < 1.29 is 23.4 Å². The summed E-state index contributed by atoms with van der Waals surface area (Å²) in [6.45, 7) is 2.46. The summed E-state index contributed by atoms with van der Waals surface area (Å²) >= 11 is 1.82. The molecule has 1 aliphatic rings. The summed E-state index contributed by atoms with van der Waals surface area (Å²) in [6.07, 6.45) is -0.0181. The van der Waals surface area contributed by atoms with Crippen molar-refractivity contribution in [2.24, 2.45) is 0 Å². The van der Waals surface area contributed by atoms with E-state index in [1.54, 1.807) is 13.2 Å². The molecule has 0 aliphatic carbocycles. The van der Waals surface area contributed by atoms with Gasteiger partial charge in [-0.25, -0.2) is 4.79 Å². The summed E-state index contributed by atoms with van der Waals surface area (Å²) in [4.78, 5) is 28.2. The number of ether oxygens (including phenoxy) is 3. The molecular formula is C25H27NO6S. The van der Waals surface area contributed by atoms with Crippen molar-refractivity contribution in [1.29, 1.82) is 0 Å². The lowest BCUT2D eigenvalue weighted by atomic mass is 10.0. The van der Waals surface area contributed by atoms with Crippen LogP contribution in [0.25, 0.3) is 11.0 Å². The average molecular weight is 470 g/mol. The van der Waals surface area contributed by atoms with Crippen LogP contribution in [-0.2, 0) is 11.2 Å². The fourth-order valence-corrected chi connectivity index (χ4v) is 5.32. The van der Waals surface area contributed by atoms with E-state index in [1.165, 1.54) is 14.2 Å². The number of carbonyl (C=O) groups excluding carboxylic acids is 1. The van der Waals surface area contributed by atoms with Gasteiger partial charge in [-0.05, 0) is 42.3 Å². The zero-order chi connectivity index (χ0) is 23.5. The molecule has 4 rings (SSSR count). The molecule has 1 atom stereocenters. The molecule has 1 fully saturated rings. The number of amides is 1. The van der Waals surface area contributed by atoms with Crippen LogP contribution in [0.1, 0.15) is 22.7 Å². The number of fused-ring (bicyclic) bond motifs is 1. The van der Waals surface area contributed by atoms with Crippen LogP contribution < -0.4 is 19.8 Å². The van der Waals surface area contributed by atoms with E-state index in [4.69, 9.17) is 18.6 Å². The molecule has 2 heterocycles. The van der Waals surface area contributed by atoms with Gasteiger partial charge < -0.3 is 23.5 Å². The van der Waals surface area contributed by atoms with Gasteiger partial charge in [0.05, 0.1) is 39.4 Å². The molecule has 1 aliphatic heterocycles. The number of benzene rings is 2. The Morgan fingerprint density at radius 1 is 1.09 bits per heavy atom. The van der Waals surface area contributed by atoms with Crippen LogP contribution in [0.3, 0.4) is 0 Å². The van der Waals surface area contributed by atoms with Crippen molar-refractivity contribution in [3.63, 3.8) is 0 Å². The Kier molecular flexibility index (Phi) is 6.83. The third kappa shape index (κ3) is 4.39. The number of hydrogen-bond donors (Lipinski definition) is 0. The van der Waals surface area contributed by atoms with Crippen LogP contribution in [0.5, 0.6) is 17.2 Å². The van der Waals surface area contributed by atoms with E-state index in [2.05, 4.69) is 0 Å². The van der Waals surface area contributed by atoms with Crippen LogP contribution >= 0.6 is 11.8 Å². The second-order valence-electron chi connectivity index (χ2n) is 7.80. The fourth-order valence-electron chi connectivity index (χ4n) is 4.23.